The predicted molar refractivity (Wildman–Crippen MR) is 69.1 cm³/mol. The Kier molecular flexibility index (Phi) is 1.92. The molecule has 18 heavy (non-hydrogen) atoms. The van der Waals surface area contributed by atoms with Crippen LogP contribution >= 0.6 is 11.3 Å². The number of rotatable bonds is 1. The van der Waals surface area contributed by atoms with Crippen LogP contribution in [0.2, 0.25) is 0 Å². The Hall–Kier alpha value is -2.34. The van der Waals surface area contributed by atoms with E-state index in [-0.39, 0.29) is 0 Å². The van der Waals surface area contributed by atoms with Crippen molar-refractivity contribution in [2.24, 2.45) is 0 Å². The van der Waals surface area contributed by atoms with Crippen molar-refractivity contribution in [3.05, 3.63) is 36.2 Å². The first kappa shape index (κ1) is 9.67. The first-order chi connectivity index (χ1) is 8.92. The second-order valence-electron chi connectivity index (χ2n) is 3.76. The van der Waals surface area contributed by atoms with Crippen molar-refractivity contribution in [2.45, 2.75) is 0 Å². The quantitative estimate of drug-likeness (QED) is 0.565. The average molecular weight is 252 g/mol. The number of nitrogens with one attached hydrogen (secondary N) is 1. The summed E-state index contributed by atoms with van der Waals surface area (Å²) in [6.45, 7) is 0. The molecule has 5 nitrogen and oxygen atoms in total. The van der Waals surface area contributed by atoms with Crippen molar-refractivity contribution in [1.29, 1.82) is 0 Å². The average Bonchev–Trinajstić information content (AvgIpc) is 3.05. The monoisotopic (exact) mass is 252 g/mol. The molecule has 0 atom stereocenters. The lowest BCUT2D eigenvalue weighted by atomic mass is 10.2. The fraction of sp³-hybridized carbons (Fsp3) is 0. The van der Waals surface area contributed by atoms with Crippen molar-refractivity contribution in [3.63, 3.8) is 0 Å². The van der Waals surface area contributed by atoms with Gasteiger partial charge in [0.25, 0.3) is 0 Å². The highest BCUT2D eigenvalue weighted by Crippen LogP contribution is 2.24. The van der Waals surface area contributed by atoms with Crippen molar-refractivity contribution in [3.8, 4) is 11.5 Å². The molecule has 0 aliphatic heterocycles. The van der Waals surface area contributed by atoms with Crippen LogP contribution in [-0.2, 0) is 0 Å². The van der Waals surface area contributed by atoms with E-state index in [0.717, 1.165) is 26.9 Å². The lowest BCUT2D eigenvalue weighted by Crippen LogP contribution is -1.93. The molecule has 0 aliphatic rings. The Morgan fingerprint density at radius 1 is 1.22 bits per heavy atom. The van der Waals surface area contributed by atoms with Gasteiger partial charge in [-0.15, -0.1) is 11.3 Å². The molecule has 1 radical (unpaired) electrons. The Morgan fingerprint density at radius 2 is 2.22 bits per heavy atom. The van der Waals surface area contributed by atoms with E-state index in [1.54, 1.807) is 11.3 Å². The molecule has 0 saturated carbocycles. The molecule has 1 N–H and O–H groups in total. The summed E-state index contributed by atoms with van der Waals surface area (Å²) in [5.41, 5.74) is 1.52. The van der Waals surface area contributed by atoms with Gasteiger partial charge in [-0.3, -0.25) is 0 Å². The van der Waals surface area contributed by atoms with Gasteiger partial charge in [-0.25, -0.2) is 19.9 Å². The molecule has 0 bridgehead atoms. The van der Waals surface area contributed by atoms with Crippen LogP contribution in [0.1, 0.15) is 0 Å². The number of aromatic amines is 1. The van der Waals surface area contributed by atoms with Crippen molar-refractivity contribution >= 4 is 32.6 Å². The number of hydrogen-bond donors (Lipinski definition) is 1. The van der Waals surface area contributed by atoms with E-state index in [4.69, 9.17) is 0 Å². The standard InChI is InChI=1S/C12H6N5S/c1-3-13-10-8(1)9(15-6-16-10)11-14-5-7-2-4-18-12(7)17-11/h1-4,6H,(H,13,15,16). The third-order valence-corrected chi connectivity index (χ3v) is 3.51. The predicted octanol–water partition coefficient (Wildman–Crippen LogP) is 2.43. The first-order valence-electron chi connectivity index (χ1n) is 5.33. The van der Waals surface area contributed by atoms with Gasteiger partial charge in [0, 0.05) is 17.0 Å². The van der Waals surface area contributed by atoms with Gasteiger partial charge in [0.15, 0.2) is 5.82 Å². The lowest BCUT2D eigenvalue weighted by molar-refractivity contribution is 1.15. The molecule has 6 heteroatoms. The molecule has 0 spiro atoms. The molecule has 4 rings (SSSR count). The largest absolute Gasteiger partial charge is 0.346 e. The summed E-state index contributed by atoms with van der Waals surface area (Å²) in [5.74, 6) is 0.581. The molecule has 4 aromatic rings. The summed E-state index contributed by atoms with van der Waals surface area (Å²) in [6, 6.07) is 3.88. The maximum atomic E-state index is 4.51. The van der Waals surface area contributed by atoms with Gasteiger partial charge in [-0.1, -0.05) is 0 Å². The highest BCUT2D eigenvalue weighted by Gasteiger charge is 2.10. The lowest BCUT2D eigenvalue weighted by Gasteiger charge is -1.99. The van der Waals surface area contributed by atoms with Crippen molar-refractivity contribution in [1.82, 2.24) is 24.9 Å². The highest BCUT2D eigenvalue weighted by atomic mass is 32.1. The van der Waals surface area contributed by atoms with Crippen LogP contribution in [0, 0.1) is 6.20 Å². The molecule has 0 amide bonds. The minimum Gasteiger partial charge on any atom is -0.346 e. The molecule has 0 unspecified atom stereocenters. The molecule has 85 valence electrons. The van der Waals surface area contributed by atoms with E-state index >= 15 is 0 Å². The Balaban J connectivity index is 2.03. The Labute approximate surface area is 106 Å². The third kappa shape index (κ3) is 1.32. The summed E-state index contributed by atoms with van der Waals surface area (Å²) < 4.78 is 0. The number of hydrogen-bond acceptors (Lipinski definition) is 5. The summed E-state index contributed by atoms with van der Waals surface area (Å²) in [7, 11) is 0. The van der Waals surface area contributed by atoms with Crippen LogP contribution < -0.4 is 0 Å². The number of H-pyrrole nitrogens is 1. The van der Waals surface area contributed by atoms with Crippen LogP contribution in [0.3, 0.4) is 0 Å². The van der Waals surface area contributed by atoms with Crippen LogP contribution in [-0.4, -0.2) is 24.9 Å². The topological polar surface area (TPSA) is 67.3 Å². The van der Waals surface area contributed by atoms with E-state index in [2.05, 4.69) is 31.1 Å². The van der Waals surface area contributed by atoms with Gasteiger partial charge in [-0.2, -0.15) is 0 Å². The first-order valence-corrected chi connectivity index (χ1v) is 6.21. The smallest absolute Gasteiger partial charge is 0.181 e. The highest BCUT2D eigenvalue weighted by molar-refractivity contribution is 7.16. The number of thiophene rings is 1. The SMILES string of the molecule is [c]1nc(-c2ncnc3[nH]ccc23)nc2sccc12. The third-order valence-electron chi connectivity index (χ3n) is 2.70. The van der Waals surface area contributed by atoms with E-state index < -0.39 is 0 Å². The molecule has 0 saturated heterocycles. The maximum absolute atomic E-state index is 4.51. The maximum Gasteiger partial charge on any atom is 0.181 e. The molecule has 0 aliphatic carbocycles. The van der Waals surface area contributed by atoms with Crippen LogP contribution in [0.25, 0.3) is 32.8 Å². The Bertz CT molecular complexity index is 848. The summed E-state index contributed by atoms with van der Waals surface area (Å²) in [5, 5.41) is 3.83. The van der Waals surface area contributed by atoms with Gasteiger partial charge >= 0.3 is 0 Å². The minimum atomic E-state index is 0.581. The zero-order valence-corrected chi connectivity index (χ0v) is 9.90. The fourth-order valence-corrected chi connectivity index (χ4v) is 2.58. The Morgan fingerprint density at radius 3 is 3.22 bits per heavy atom. The van der Waals surface area contributed by atoms with Crippen molar-refractivity contribution in [2.75, 3.05) is 0 Å². The second-order valence-corrected chi connectivity index (χ2v) is 4.66. The molecular weight excluding hydrogens is 246 g/mol. The molecular formula is C12H6N5S. The van der Waals surface area contributed by atoms with E-state index in [1.165, 1.54) is 6.33 Å². The number of fused-ring (bicyclic) bond motifs is 2. The van der Waals surface area contributed by atoms with Gasteiger partial charge in [0.2, 0.25) is 0 Å². The number of aromatic nitrogens is 5. The van der Waals surface area contributed by atoms with Crippen LogP contribution in [0.15, 0.2) is 30.0 Å². The summed E-state index contributed by atoms with van der Waals surface area (Å²) in [4.78, 5) is 21.1. The zero-order chi connectivity index (χ0) is 11.9. The normalized spacial score (nSPS) is 11.3. The summed E-state index contributed by atoms with van der Waals surface area (Å²) in [6.07, 6.45) is 6.32. The number of nitrogens with zero attached hydrogens (tertiary/aromatic N) is 4. The van der Waals surface area contributed by atoms with E-state index in [1.807, 2.05) is 23.7 Å². The molecule has 0 aromatic carbocycles. The molecule has 0 fully saturated rings. The van der Waals surface area contributed by atoms with Gasteiger partial charge in [0.1, 0.15) is 28.7 Å². The van der Waals surface area contributed by atoms with Crippen LogP contribution in [0.4, 0.5) is 0 Å². The summed E-state index contributed by atoms with van der Waals surface area (Å²) >= 11 is 1.57. The van der Waals surface area contributed by atoms with Crippen molar-refractivity contribution < 1.29 is 0 Å². The van der Waals surface area contributed by atoms with E-state index in [9.17, 15) is 0 Å². The minimum absolute atomic E-state index is 0.581. The molecule has 4 aromatic heterocycles. The fourth-order valence-electron chi connectivity index (χ4n) is 1.86. The second kappa shape index (κ2) is 3.58. The molecule has 4 heterocycles. The zero-order valence-electron chi connectivity index (χ0n) is 9.08. The van der Waals surface area contributed by atoms with Gasteiger partial charge < -0.3 is 4.98 Å². The van der Waals surface area contributed by atoms with Crippen LogP contribution in [0.5, 0.6) is 0 Å². The van der Waals surface area contributed by atoms with Gasteiger partial charge in [-0.05, 0) is 17.5 Å². The van der Waals surface area contributed by atoms with Gasteiger partial charge in [0.05, 0.1) is 0 Å². The van der Waals surface area contributed by atoms with E-state index in [0.29, 0.717) is 5.82 Å².